The second kappa shape index (κ2) is 5.36. The van der Waals surface area contributed by atoms with Gasteiger partial charge in [-0.05, 0) is 61.7 Å². The van der Waals surface area contributed by atoms with E-state index in [0.29, 0.717) is 21.2 Å². The summed E-state index contributed by atoms with van der Waals surface area (Å²) in [7, 11) is 0. The summed E-state index contributed by atoms with van der Waals surface area (Å²) in [6, 6.07) is 8.95. The second-order valence-corrected chi connectivity index (χ2v) is 5.55. The molecule has 0 N–H and O–H groups in total. The van der Waals surface area contributed by atoms with Crippen molar-refractivity contribution in [2.24, 2.45) is 0 Å². The molecule has 0 atom stereocenters. The summed E-state index contributed by atoms with van der Waals surface area (Å²) >= 11 is 12.1. The number of carbonyl (C=O) groups excluding carboxylic acids is 1. The maximum Gasteiger partial charge on any atom is 0.194 e. The van der Waals surface area contributed by atoms with Crippen molar-refractivity contribution in [2.75, 3.05) is 0 Å². The molecule has 0 radical (unpaired) electrons. The summed E-state index contributed by atoms with van der Waals surface area (Å²) in [5, 5.41) is 1.03. The van der Waals surface area contributed by atoms with Crippen molar-refractivity contribution in [1.29, 1.82) is 0 Å². The van der Waals surface area contributed by atoms with Gasteiger partial charge in [-0.1, -0.05) is 29.3 Å². The van der Waals surface area contributed by atoms with Gasteiger partial charge in [-0.15, -0.1) is 0 Å². The largest absolute Gasteiger partial charge is 0.289 e. The molecule has 0 aromatic heterocycles. The molecule has 0 aliphatic carbocycles. The quantitative estimate of drug-likeness (QED) is 0.700. The van der Waals surface area contributed by atoms with Crippen LogP contribution in [0.25, 0.3) is 0 Å². The lowest BCUT2D eigenvalue weighted by Gasteiger charge is -2.10. The van der Waals surface area contributed by atoms with Crippen molar-refractivity contribution in [3.05, 3.63) is 68.2 Å². The van der Waals surface area contributed by atoms with E-state index >= 15 is 0 Å². The number of carbonyl (C=O) groups is 1. The highest BCUT2D eigenvalue weighted by molar-refractivity contribution is 6.35. The van der Waals surface area contributed by atoms with Crippen LogP contribution < -0.4 is 0 Å². The van der Waals surface area contributed by atoms with Crippen LogP contribution in [-0.4, -0.2) is 5.78 Å². The predicted octanol–water partition coefficient (Wildman–Crippen LogP) is 5.15. The zero-order valence-corrected chi connectivity index (χ0v) is 12.6. The molecular weight excluding hydrogens is 279 g/mol. The fraction of sp³-hybridized carbons (Fsp3) is 0.188. The second-order valence-electron chi connectivity index (χ2n) is 4.70. The van der Waals surface area contributed by atoms with E-state index in [1.54, 1.807) is 12.1 Å². The lowest BCUT2D eigenvalue weighted by Crippen LogP contribution is -2.05. The molecule has 0 heterocycles. The third kappa shape index (κ3) is 2.83. The number of hydrogen-bond acceptors (Lipinski definition) is 1. The Labute approximate surface area is 123 Å². The first-order chi connectivity index (χ1) is 8.90. The number of benzene rings is 2. The van der Waals surface area contributed by atoms with Crippen LogP contribution in [0, 0.1) is 20.8 Å². The number of halogens is 2. The summed E-state index contributed by atoms with van der Waals surface area (Å²) in [5.41, 5.74) is 4.13. The van der Waals surface area contributed by atoms with Crippen molar-refractivity contribution in [3.63, 3.8) is 0 Å². The summed E-state index contributed by atoms with van der Waals surface area (Å²) < 4.78 is 0. The van der Waals surface area contributed by atoms with E-state index in [0.717, 1.165) is 16.7 Å². The van der Waals surface area contributed by atoms with Gasteiger partial charge in [-0.2, -0.15) is 0 Å². The van der Waals surface area contributed by atoms with Gasteiger partial charge in [0.25, 0.3) is 0 Å². The standard InChI is InChI=1S/C16H14Cl2O/c1-9-4-5-12(17)8-13(9)16(19)14-6-10(2)11(3)7-15(14)18/h4-8H,1-3H3. The molecule has 0 bridgehead atoms. The minimum Gasteiger partial charge on any atom is -0.289 e. The first kappa shape index (κ1) is 14.1. The topological polar surface area (TPSA) is 17.1 Å². The SMILES string of the molecule is Cc1cc(Cl)c(C(=O)c2cc(Cl)ccc2C)cc1C. The van der Waals surface area contributed by atoms with Crippen LogP contribution in [0.5, 0.6) is 0 Å². The molecule has 0 unspecified atom stereocenters. The van der Waals surface area contributed by atoms with Crippen molar-refractivity contribution in [1.82, 2.24) is 0 Å². The minimum absolute atomic E-state index is 0.0897. The molecule has 2 aromatic rings. The van der Waals surface area contributed by atoms with Gasteiger partial charge < -0.3 is 0 Å². The van der Waals surface area contributed by atoms with E-state index in [1.807, 2.05) is 39.0 Å². The molecule has 0 saturated carbocycles. The maximum absolute atomic E-state index is 12.6. The van der Waals surface area contributed by atoms with Crippen LogP contribution in [0.4, 0.5) is 0 Å². The molecule has 0 amide bonds. The molecule has 2 aromatic carbocycles. The highest BCUT2D eigenvalue weighted by Crippen LogP contribution is 2.26. The molecule has 98 valence electrons. The molecule has 1 nitrogen and oxygen atoms in total. The first-order valence-electron chi connectivity index (χ1n) is 5.97. The summed E-state index contributed by atoms with van der Waals surface area (Å²) in [5.74, 6) is -0.0897. The van der Waals surface area contributed by atoms with Gasteiger partial charge in [-0.25, -0.2) is 0 Å². The van der Waals surface area contributed by atoms with Crippen LogP contribution >= 0.6 is 23.2 Å². The van der Waals surface area contributed by atoms with Gasteiger partial charge in [0.05, 0.1) is 5.02 Å². The molecular formula is C16H14Cl2O. The predicted molar refractivity (Wildman–Crippen MR) is 80.5 cm³/mol. The highest BCUT2D eigenvalue weighted by atomic mass is 35.5. The van der Waals surface area contributed by atoms with Gasteiger partial charge in [0, 0.05) is 16.1 Å². The molecule has 3 heteroatoms. The fourth-order valence-corrected chi connectivity index (χ4v) is 2.42. The van der Waals surface area contributed by atoms with E-state index in [-0.39, 0.29) is 5.78 Å². The Morgan fingerprint density at radius 3 is 2.16 bits per heavy atom. The number of ketones is 1. The number of rotatable bonds is 2. The van der Waals surface area contributed by atoms with E-state index in [2.05, 4.69) is 0 Å². The van der Waals surface area contributed by atoms with Crippen LogP contribution in [-0.2, 0) is 0 Å². The fourth-order valence-electron chi connectivity index (χ4n) is 1.94. The average Bonchev–Trinajstić information content (AvgIpc) is 2.36. The lowest BCUT2D eigenvalue weighted by molar-refractivity contribution is 0.103. The minimum atomic E-state index is -0.0897. The Balaban J connectivity index is 2.56. The smallest absolute Gasteiger partial charge is 0.194 e. The Kier molecular flexibility index (Phi) is 3.98. The maximum atomic E-state index is 12.6. The van der Waals surface area contributed by atoms with Gasteiger partial charge in [0.1, 0.15) is 0 Å². The Morgan fingerprint density at radius 1 is 0.842 bits per heavy atom. The van der Waals surface area contributed by atoms with Crippen LogP contribution in [0.15, 0.2) is 30.3 Å². The summed E-state index contributed by atoms with van der Waals surface area (Å²) in [6.45, 7) is 5.83. The monoisotopic (exact) mass is 292 g/mol. The van der Waals surface area contributed by atoms with Crippen molar-refractivity contribution < 1.29 is 4.79 Å². The van der Waals surface area contributed by atoms with Crippen molar-refractivity contribution >= 4 is 29.0 Å². The zero-order valence-electron chi connectivity index (χ0n) is 11.1. The zero-order chi connectivity index (χ0) is 14.2. The number of aryl methyl sites for hydroxylation is 3. The third-order valence-corrected chi connectivity index (χ3v) is 3.82. The van der Waals surface area contributed by atoms with Gasteiger partial charge in [0.15, 0.2) is 5.78 Å². The first-order valence-corrected chi connectivity index (χ1v) is 6.73. The van der Waals surface area contributed by atoms with Crippen molar-refractivity contribution in [2.45, 2.75) is 20.8 Å². The lowest BCUT2D eigenvalue weighted by atomic mass is 9.96. The van der Waals surface area contributed by atoms with Crippen LogP contribution in [0.2, 0.25) is 10.0 Å². The highest BCUT2D eigenvalue weighted by Gasteiger charge is 2.16. The Hall–Kier alpha value is -1.31. The van der Waals surface area contributed by atoms with Gasteiger partial charge in [0.2, 0.25) is 0 Å². The molecule has 0 aliphatic rings. The Morgan fingerprint density at radius 2 is 1.47 bits per heavy atom. The summed E-state index contributed by atoms with van der Waals surface area (Å²) in [4.78, 5) is 12.6. The van der Waals surface area contributed by atoms with E-state index in [1.165, 1.54) is 0 Å². The number of hydrogen-bond donors (Lipinski definition) is 0. The van der Waals surface area contributed by atoms with Gasteiger partial charge in [-0.3, -0.25) is 4.79 Å². The van der Waals surface area contributed by atoms with E-state index in [9.17, 15) is 4.79 Å². The molecule has 0 fully saturated rings. The molecule has 0 saturated heterocycles. The molecule has 0 aliphatic heterocycles. The van der Waals surface area contributed by atoms with Gasteiger partial charge >= 0.3 is 0 Å². The normalized spacial score (nSPS) is 10.6. The summed E-state index contributed by atoms with van der Waals surface area (Å²) in [6.07, 6.45) is 0. The molecule has 2 rings (SSSR count). The van der Waals surface area contributed by atoms with Crippen LogP contribution in [0.1, 0.15) is 32.6 Å². The molecule has 19 heavy (non-hydrogen) atoms. The van der Waals surface area contributed by atoms with E-state index in [4.69, 9.17) is 23.2 Å². The van der Waals surface area contributed by atoms with E-state index < -0.39 is 0 Å². The average molecular weight is 293 g/mol. The Bertz CT molecular complexity index is 660. The molecule has 0 spiro atoms. The third-order valence-electron chi connectivity index (χ3n) is 3.27. The van der Waals surface area contributed by atoms with Crippen LogP contribution in [0.3, 0.4) is 0 Å². The van der Waals surface area contributed by atoms with Crippen molar-refractivity contribution in [3.8, 4) is 0 Å².